The van der Waals surface area contributed by atoms with E-state index in [-0.39, 0.29) is 5.91 Å². The molecule has 1 N–H and O–H groups in total. The number of carbonyl (C=O) groups is 2. The van der Waals surface area contributed by atoms with Crippen molar-refractivity contribution in [3.8, 4) is 0 Å². The minimum absolute atomic E-state index is 0.332. The zero-order valence-electron chi connectivity index (χ0n) is 14.4. The zero-order chi connectivity index (χ0) is 19.1. The van der Waals surface area contributed by atoms with Crippen LogP contribution in [0.15, 0.2) is 18.2 Å². The summed E-state index contributed by atoms with van der Waals surface area (Å²) in [7, 11) is 1.35. The molecule has 4 rings (SSSR count). The lowest BCUT2D eigenvalue weighted by Gasteiger charge is -2.11. The van der Waals surface area contributed by atoms with Crippen LogP contribution < -0.4 is 5.32 Å². The number of esters is 1. The standard InChI is InChI=1S/C19H15Cl2NO3S2/c1-25-19(24)13-9-5-2-3-7-11(9)27-18(13)22-17(23)16-15(21)14-10(20)6-4-8-12(14)26-16/h4,6,8H,2-3,5,7H2,1H3,(H,22,23). The molecule has 140 valence electrons. The van der Waals surface area contributed by atoms with Gasteiger partial charge < -0.3 is 10.1 Å². The van der Waals surface area contributed by atoms with E-state index in [1.54, 1.807) is 6.07 Å². The number of thiophene rings is 2. The number of aryl methyl sites for hydroxylation is 1. The summed E-state index contributed by atoms with van der Waals surface area (Å²) >= 11 is 15.4. The average Bonchev–Trinajstić information content (AvgIpc) is 3.19. The van der Waals surface area contributed by atoms with E-state index >= 15 is 0 Å². The van der Waals surface area contributed by atoms with Crippen molar-refractivity contribution in [3.05, 3.63) is 49.1 Å². The predicted octanol–water partition coefficient (Wildman–Crippen LogP) is 6.19. The quantitative estimate of drug-likeness (QED) is 0.495. The number of fused-ring (bicyclic) bond motifs is 2. The number of ether oxygens (including phenoxy) is 1. The van der Waals surface area contributed by atoms with Gasteiger partial charge in [-0.2, -0.15) is 0 Å². The Balaban J connectivity index is 1.74. The molecule has 0 saturated heterocycles. The SMILES string of the molecule is COC(=O)c1c(NC(=O)c2sc3cccc(Cl)c3c2Cl)sc2c1CCCC2. The first-order chi connectivity index (χ1) is 13.0. The van der Waals surface area contributed by atoms with E-state index in [1.165, 1.54) is 29.8 Å². The van der Waals surface area contributed by atoms with Gasteiger partial charge in [-0.05, 0) is 43.4 Å². The number of anilines is 1. The monoisotopic (exact) mass is 439 g/mol. The highest BCUT2D eigenvalue weighted by Gasteiger charge is 2.28. The summed E-state index contributed by atoms with van der Waals surface area (Å²) in [6.07, 6.45) is 3.86. The van der Waals surface area contributed by atoms with Gasteiger partial charge in [-0.15, -0.1) is 22.7 Å². The summed E-state index contributed by atoms with van der Waals surface area (Å²) in [6, 6.07) is 5.44. The van der Waals surface area contributed by atoms with Gasteiger partial charge in [0.1, 0.15) is 9.88 Å². The molecule has 0 fully saturated rings. The van der Waals surface area contributed by atoms with Crippen molar-refractivity contribution < 1.29 is 14.3 Å². The van der Waals surface area contributed by atoms with Gasteiger partial charge in [0.2, 0.25) is 0 Å². The molecule has 8 heteroatoms. The molecule has 0 unspecified atom stereocenters. The Morgan fingerprint density at radius 2 is 1.93 bits per heavy atom. The van der Waals surface area contributed by atoms with E-state index in [0.29, 0.717) is 30.9 Å². The fraction of sp³-hybridized carbons (Fsp3) is 0.263. The number of hydrogen-bond donors (Lipinski definition) is 1. The van der Waals surface area contributed by atoms with Gasteiger partial charge in [-0.25, -0.2) is 4.79 Å². The number of rotatable bonds is 3. The van der Waals surface area contributed by atoms with Crippen LogP contribution >= 0.6 is 45.9 Å². The highest BCUT2D eigenvalue weighted by atomic mass is 35.5. The normalized spacial score (nSPS) is 13.4. The van der Waals surface area contributed by atoms with Crippen molar-refractivity contribution in [1.82, 2.24) is 0 Å². The first-order valence-electron chi connectivity index (χ1n) is 8.42. The van der Waals surface area contributed by atoms with E-state index < -0.39 is 5.97 Å². The van der Waals surface area contributed by atoms with E-state index in [1.807, 2.05) is 12.1 Å². The number of benzene rings is 1. The van der Waals surface area contributed by atoms with E-state index in [2.05, 4.69) is 5.32 Å². The Bertz CT molecular complexity index is 1070. The summed E-state index contributed by atoms with van der Waals surface area (Å²) in [5.41, 5.74) is 1.47. The van der Waals surface area contributed by atoms with E-state index in [9.17, 15) is 9.59 Å². The summed E-state index contributed by atoms with van der Waals surface area (Å²) in [6.45, 7) is 0. The highest BCUT2D eigenvalue weighted by molar-refractivity contribution is 7.22. The van der Waals surface area contributed by atoms with Gasteiger partial charge >= 0.3 is 5.97 Å². The summed E-state index contributed by atoms with van der Waals surface area (Å²) in [5.74, 6) is -0.767. The lowest BCUT2D eigenvalue weighted by Crippen LogP contribution is -2.14. The Morgan fingerprint density at radius 1 is 1.15 bits per heavy atom. The average molecular weight is 440 g/mol. The van der Waals surface area contributed by atoms with Crippen molar-refractivity contribution in [3.63, 3.8) is 0 Å². The van der Waals surface area contributed by atoms with Crippen molar-refractivity contribution in [2.75, 3.05) is 12.4 Å². The molecular weight excluding hydrogens is 425 g/mol. The molecule has 3 aromatic rings. The van der Waals surface area contributed by atoms with Crippen LogP contribution in [-0.4, -0.2) is 19.0 Å². The van der Waals surface area contributed by atoms with Gasteiger partial charge in [0.05, 0.1) is 22.7 Å². The minimum atomic E-state index is -0.421. The summed E-state index contributed by atoms with van der Waals surface area (Å²) < 4.78 is 5.80. The summed E-state index contributed by atoms with van der Waals surface area (Å²) in [4.78, 5) is 26.8. The summed E-state index contributed by atoms with van der Waals surface area (Å²) in [5, 5.41) is 4.93. The Hall–Kier alpha value is -1.60. The van der Waals surface area contributed by atoms with Crippen LogP contribution in [0, 0.1) is 0 Å². The van der Waals surface area contributed by atoms with Crippen molar-refractivity contribution >= 4 is 72.8 Å². The lowest BCUT2D eigenvalue weighted by molar-refractivity contribution is 0.0601. The third kappa shape index (κ3) is 3.25. The van der Waals surface area contributed by atoms with Crippen LogP contribution in [0.4, 0.5) is 5.00 Å². The smallest absolute Gasteiger partial charge is 0.341 e. The Labute approximate surface area is 174 Å². The molecule has 2 heterocycles. The van der Waals surface area contributed by atoms with E-state index in [4.69, 9.17) is 27.9 Å². The van der Waals surface area contributed by atoms with Crippen LogP contribution in [0.25, 0.3) is 10.1 Å². The zero-order valence-corrected chi connectivity index (χ0v) is 17.5. The predicted molar refractivity (Wildman–Crippen MR) is 112 cm³/mol. The molecular formula is C19H15Cl2NO3S2. The van der Waals surface area contributed by atoms with Gasteiger partial charge in [0.25, 0.3) is 5.91 Å². The molecule has 4 nitrogen and oxygen atoms in total. The number of halogens is 2. The minimum Gasteiger partial charge on any atom is -0.465 e. The molecule has 0 radical (unpaired) electrons. The molecule has 1 aliphatic carbocycles. The van der Waals surface area contributed by atoms with Crippen molar-refractivity contribution in [2.24, 2.45) is 0 Å². The van der Waals surface area contributed by atoms with E-state index in [0.717, 1.165) is 40.8 Å². The maximum atomic E-state index is 12.9. The van der Waals surface area contributed by atoms with Crippen molar-refractivity contribution in [2.45, 2.75) is 25.7 Å². The van der Waals surface area contributed by atoms with Crippen molar-refractivity contribution in [1.29, 1.82) is 0 Å². The fourth-order valence-electron chi connectivity index (χ4n) is 3.35. The van der Waals surface area contributed by atoms with Crippen LogP contribution in [0.1, 0.15) is 43.3 Å². The second kappa shape index (κ2) is 7.43. The topological polar surface area (TPSA) is 55.4 Å². The molecule has 0 aliphatic heterocycles. The van der Waals surface area contributed by atoms with Gasteiger partial charge in [0.15, 0.2) is 0 Å². The number of hydrogen-bond acceptors (Lipinski definition) is 5. The molecule has 2 aromatic heterocycles. The molecule has 1 amide bonds. The van der Waals surface area contributed by atoms with Gasteiger partial charge in [-0.1, -0.05) is 29.3 Å². The molecule has 27 heavy (non-hydrogen) atoms. The molecule has 0 spiro atoms. The molecule has 0 saturated carbocycles. The second-order valence-electron chi connectivity index (χ2n) is 6.22. The van der Waals surface area contributed by atoms with Gasteiger partial charge in [-0.3, -0.25) is 4.79 Å². The number of nitrogens with one attached hydrogen (secondary N) is 1. The molecule has 1 aromatic carbocycles. The second-order valence-corrected chi connectivity index (χ2v) is 9.16. The molecule has 1 aliphatic rings. The fourth-order valence-corrected chi connectivity index (χ4v) is 6.47. The van der Waals surface area contributed by atoms with Crippen LogP contribution in [0.3, 0.4) is 0 Å². The lowest BCUT2D eigenvalue weighted by atomic mass is 9.95. The molecule has 0 bridgehead atoms. The third-order valence-electron chi connectivity index (χ3n) is 4.60. The van der Waals surface area contributed by atoms with Crippen LogP contribution in [0.5, 0.6) is 0 Å². The highest BCUT2D eigenvalue weighted by Crippen LogP contribution is 2.42. The Kier molecular flexibility index (Phi) is 5.16. The van der Waals surface area contributed by atoms with Crippen LogP contribution in [0.2, 0.25) is 10.0 Å². The third-order valence-corrected chi connectivity index (χ3v) is 7.77. The first kappa shape index (κ1) is 18.7. The van der Waals surface area contributed by atoms with Gasteiger partial charge in [0, 0.05) is 15.0 Å². The largest absolute Gasteiger partial charge is 0.465 e. The number of methoxy groups -OCH3 is 1. The maximum absolute atomic E-state index is 12.9. The first-order valence-corrected chi connectivity index (χ1v) is 10.8. The van der Waals surface area contributed by atoms with Crippen LogP contribution in [-0.2, 0) is 17.6 Å². The maximum Gasteiger partial charge on any atom is 0.341 e. The number of amides is 1. The molecule has 0 atom stereocenters. The number of carbonyl (C=O) groups excluding carboxylic acids is 2. The Morgan fingerprint density at radius 3 is 2.67 bits per heavy atom.